The molecule has 0 unspecified atom stereocenters. The molecule has 5 rings (SSSR count). The van der Waals surface area contributed by atoms with Crippen LogP contribution in [0.25, 0.3) is 28.4 Å². The van der Waals surface area contributed by atoms with Crippen LogP contribution < -0.4 is 10.9 Å². The molecule has 0 spiro atoms. The van der Waals surface area contributed by atoms with Crippen LogP contribution in [0, 0.1) is 5.82 Å². The van der Waals surface area contributed by atoms with Crippen molar-refractivity contribution >= 4 is 22.7 Å². The highest BCUT2D eigenvalue weighted by Crippen LogP contribution is 2.33. The topological polar surface area (TPSA) is 124 Å². The Labute approximate surface area is 217 Å². The minimum absolute atomic E-state index is 0.154. The first-order valence-electron chi connectivity index (χ1n) is 11.8. The molecule has 10 nitrogen and oxygen atoms in total. The molecule has 38 heavy (non-hydrogen) atoms. The van der Waals surface area contributed by atoms with Crippen LogP contribution in [-0.4, -0.2) is 39.4 Å². The molecule has 0 bridgehead atoms. The van der Waals surface area contributed by atoms with E-state index in [-0.39, 0.29) is 40.4 Å². The van der Waals surface area contributed by atoms with E-state index in [0.29, 0.717) is 22.8 Å². The molecule has 2 N–H and O–H groups in total. The molecular weight excluding hydrogens is 487 g/mol. The number of nitrogens with one attached hydrogen (secondary N) is 1. The van der Waals surface area contributed by atoms with Crippen molar-refractivity contribution in [3.05, 3.63) is 89.4 Å². The van der Waals surface area contributed by atoms with Gasteiger partial charge in [-0.15, -0.1) is 6.58 Å². The number of allylic oxidation sites excluding steroid dienone is 1. The second-order valence-corrected chi connectivity index (χ2v) is 9.63. The predicted octanol–water partition coefficient (Wildman–Crippen LogP) is 4.51. The summed E-state index contributed by atoms with van der Waals surface area (Å²) in [5.41, 5.74) is 1.57. The van der Waals surface area contributed by atoms with Crippen molar-refractivity contribution in [3.63, 3.8) is 0 Å². The van der Waals surface area contributed by atoms with Gasteiger partial charge < -0.3 is 10.4 Å². The van der Waals surface area contributed by atoms with Crippen LogP contribution in [-0.2, 0) is 12.0 Å². The number of phenols is 1. The molecule has 5 aromatic rings. The SMILES string of the molecule is C=CCn1c(=O)c2cnc(Nc3ccc(C(C)(C)C)c(O)c3)nc2n1-c1cccc(-c2ncc(F)cn2)n1. The first-order valence-corrected chi connectivity index (χ1v) is 11.8. The van der Waals surface area contributed by atoms with Crippen molar-refractivity contribution in [2.45, 2.75) is 32.7 Å². The highest BCUT2D eigenvalue weighted by Gasteiger charge is 2.20. The lowest BCUT2D eigenvalue weighted by atomic mass is 9.86. The van der Waals surface area contributed by atoms with E-state index in [1.807, 2.05) is 32.9 Å². The fourth-order valence-corrected chi connectivity index (χ4v) is 4.09. The number of aromatic nitrogens is 7. The molecule has 0 saturated heterocycles. The summed E-state index contributed by atoms with van der Waals surface area (Å²) in [5.74, 6) is 0.433. The largest absolute Gasteiger partial charge is 0.508 e. The van der Waals surface area contributed by atoms with E-state index in [1.165, 1.54) is 10.9 Å². The summed E-state index contributed by atoms with van der Waals surface area (Å²) in [5, 5.41) is 13.9. The van der Waals surface area contributed by atoms with Crippen LogP contribution in [0.1, 0.15) is 26.3 Å². The number of anilines is 2. The summed E-state index contributed by atoms with van der Waals surface area (Å²) in [6, 6.07) is 10.4. The van der Waals surface area contributed by atoms with Gasteiger partial charge >= 0.3 is 0 Å². The Hall–Kier alpha value is -4.93. The van der Waals surface area contributed by atoms with Crippen LogP contribution in [0.15, 0.2) is 72.4 Å². The van der Waals surface area contributed by atoms with E-state index in [0.717, 1.165) is 18.0 Å². The summed E-state index contributed by atoms with van der Waals surface area (Å²) < 4.78 is 16.3. The van der Waals surface area contributed by atoms with Crippen molar-refractivity contribution < 1.29 is 9.50 Å². The van der Waals surface area contributed by atoms with Crippen molar-refractivity contribution in [2.75, 3.05) is 5.32 Å². The number of nitrogens with zero attached hydrogens (tertiary/aromatic N) is 7. The van der Waals surface area contributed by atoms with Crippen LogP contribution in [0.3, 0.4) is 0 Å². The monoisotopic (exact) mass is 512 g/mol. The van der Waals surface area contributed by atoms with Gasteiger partial charge in [0.15, 0.2) is 23.1 Å². The summed E-state index contributed by atoms with van der Waals surface area (Å²) in [6.07, 6.45) is 5.16. The Bertz CT molecular complexity index is 1720. The van der Waals surface area contributed by atoms with Crippen LogP contribution in [0.4, 0.5) is 16.0 Å². The third-order valence-electron chi connectivity index (χ3n) is 5.84. The molecule has 11 heteroatoms. The molecule has 0 aliphatic carbocycles. The minimum Gasteiger partial charge on any atom is -0.508 e. The zero-order valence-electron chi connectivity index (χ0n) is 21.1. The molecule has 0 amide bonds. The van der Waals surface area contributed by atoms with E-state index in [1.54, 1.807) is 35.0 Å². The van der Waals surface area contributed by atoms with E-state index in [9.17, 15) is 14.3 Å². The Kier molecular flexibility index (Phi) is 6.19. The second-order valence-electron chi connectivity index (χ2n) is 9.63. The van der Waals surface area contributed by atoms with Gasteiger partial charge in [-0.2, -0.15) is 4.98 Å². The summed E-state index contributed by atoms with van der Waals surface area (Å²) in [7, 11) is 0. The Morgan fingerprint density at radius 3 is 2.53 bits per heavy atom. The average Bonchev–Trinajstić information content (AvgIpc) is 3.15. The maximum Gasteiger partial charge on any atom is 0.278 e. The number of hydrogen-bond acceptors (Lipinski definition) is 8. The zero-order valence-corrected chi connectivity index (χ0v) is 21.1. The molecule has 0 aliphatic heterocycles. The van der Waals surface area contributed by atoms with Gasteiger partial charge in [-0.3, -0.25) is 4.79 Å². The van der Waals surface area contributed by atoms with Gasteiger partial charge in [0.25, 0.3) is 5.56 Å². The molecule has 0 radical (unpaired) electrons. The fourth-order valence-electron chi connectivity index (χ4n) is 4.09. The number of hydrogen-bond donors (Lipinski definition) is 2. The molecule has 0 fully saturated rings. The predicted molar refractivity (Wildman–Crippen MR) is 142 cm³/mol. The summed E-state index contributed by atoms with van der Waals surface area (Å²) in [4.78, 5) is 34.8. The van der Waals surface area contributed by atoms with Gasteiger partial charge in [0, 0.05) is 18.0 Å². The van der Waals surface area contributed by atoms with Gasteiger partial charge in [0.1, 0.15) is 16.8 Å². The van der Waals surface area contributed by atoms with Gasteiger partial charge in [-0.25, -0.2) is 33.7 Å². The number of aromatic hydroxyl groups is 1. The number of benzene rings is 1. The highest BCUT2D eigenvalue weighted by molar-refractivity contribution is 5.77. The Morgan fingerprint density at radius 1 is 1.08 bits per heavy atom. The number of rotatable bonds is 6. The number of pyridine rings is 1. The normalized spacial score (nSPS) is 11.6. The summed E-state index contributed by atoms with van der Waals surface area (Å²) in [6.45, 7) is 10.0. The highest BCUT2D eigenvalue weighted by atomic mass is 19.1. The van der Waals surface area contributed by atoms with Crippen molar-refractivity contribution in [2.24, 2.45) is 0 Å². The maximum absolute atomic E-state index is 13.3. The molecule has 4 heterocycles. The molecule has 0 saturated carbocycles. The lowest BCUT2D eigenvalue weighted by molar-refractivity contribution is 0.447. The molecule has 4 aromatic heterocycles. The molecule has 192 valence electrons. The molecule has 1 aromatic carbocycles. The third kappa shape index (κ3) is 4.61. The lowest BCUT2D eigenvalue weighted by Crippen LogP contribution is -2.22. The van der Waals surface area contributed by atoms with Crippen LogP contribution >= 0.6 is 0 Å². The van der Waals surface area contributed by atoms with Crippen molar-refractivity contribution in [3.8, 4) is 23.1 Å². The van der Waals surface area contributed by atoms with E-state index >= 15 is 0 Å². The van der Waals surface area contributed by atoms with E-state index < -0.39 is 5.82 Å². The van der Waals surface area contributed by atoms with E-state index in [2.05, 4.69) is 36.8 Å². The number of phenolic OH excluding ortho intramolecular Hbond substituents is 1. The smallest absolute Gasteiger partial charge is 0.278 e. The minimum atomic E-state index is -0.556. The van der Waals surface area contributed by atoms with Gasteiger partial charge in [0.05, 0.1) is 18.9 Å². The molecule has 0 atom stereocenters. The van der Waals surface area contributed by atoms with Crippen molar-refractivity contribution in [1.29, 1.82) is 0 Å². The number of fused-ring (bicyclic) bond motifs is 1. The first-order chi connectivity index (χ1) is 18.2. The van der Waals surface area contributed by atoms with E-state index in [4.69, 9.17) is 0 Å². The van der Waals surface area contributed by atoms with Crippen molar-refractivity contribution in [1.82, 2.24) is 34.3 Å². The Balaban J connectivity index is 1.61. The first kappa shape index (κ1) is 24.8. The Morgan fingerprint density at radius 2 is 1.84 bits per heavy atom. The standard InChI is InChI=1S/C27H25FN8O2/c1-5-11-35-25(38)18-15-31-26(32-17-9-10-19(21(37)12-17)27(2,3)4)34-24(18)36(35)22-8-6-7-20(33-22)23-29-13-16(28)14-30-23/h5-10,12-15,37H,1,11H2,2-4H3,(H,31,32,34). The lowest BCUT2D eigenvalue weighted by Gasteiger charge is -2.20. The molecular formula is C27H25FN8O2. The average molecular weight is 513 g/mol. The quantitative estimate of drug-likeness (QED) is 0.319. The van der Waals surface area contributed by atoms with Crippen LogP contribution in [0.2, 0.25) is 0 Å². The van der Waals surface area contributed by atoms with Crippen LogP contribution in [0.5, 0.6) is 5.75 Å². The fraction of sp³-hybridized carbons (Fsp3) is 0.185. The number of halogens is 1. The second kappa shape index (κ2) is 9.51. The summed E-state index contributed by atoms with van der Waals surface area (Å²) >= 11 is 0. The van der Waals surface area contributed by atoms with Gasteiger partial charge in [0.2, 0.25) is 5.95 Å². The molecule has 0 aliphatic rings. The maximum atomic E-state index is 13.3. The zero-order chi connectivity index (χ0) is 27.0. The third-order valence-corrected chi connectivity index (χ3v) is 5.84. The van der Waals surface area contributed by atoms with Gasteiger partial charge in [-0.05, 0) is 29.2 Å². The van der Waals surface area contributed by atoms with Gasteiger partial charge in [-0.1, -0.05) is 39.0 Å².